The number of nitrogens with zero attached hydrogens (tertiary/aromatic N) is 2. The van der Waals surface area contributed by atoms with Gasteiger partial charge in [-0.2, -0.15) is 0 Å². The van der Waals surface area contributed by atoms with Gasteiger partial charge in [0.2, 0.25) is 0 Å². The van der Waals surface area contributed by atoms with E-state index in [1.54, 1.807) is 77.1 Å². The Bertz CT molecular complexity index is 1360. The van der Waals surface area contributed by atoms with E-state index in [0.29, 0.717) is 16.8 Å². The minimum absolute atomic E-state index is 0.115. The van der Waals surface area contributed by atoms with Crippen LogP contribution in [0.25, 0.3) is 0 Å². The number of carbonyl (C=O) groups is 3. The number of allylic oxidation sites excluding steroid dienone is 3. The molecule has 2 atom stereocenters. The molecule has 0 saturated carbocycles. The third kappa shape index (κ3) is 6.23. The summed E-state index contributed by atoms with van der Waals surface area (Å²) in [6, 6.07) is 14.4. The van der Waals surface area contributed by atoms with Gasteiger partial charge >= 0.3 is 11.9 Å². The van der Waals surface area contributed by atoms with Crippen molar-refractivity contribution in [2.45, 2.75) is 58.1 Å². The molecule has 2 aromatic carbocycles. The maximum absolute atomic E-state index is 14.3. The van der Waals surface area contributed by atoms with Crippen molar-refractivity contribution in [3.63, 3.8) is 0 Å². The Kier molecular flexibility index (Phi) is 8.40. The van der Waals surface area contributed by atoms with Gasteiger partial charge in [-0.3, -0.25) is 24.6 Å². The largest absolute Gasteiger partial charge is 0.466 e. The summed E-state index contributed by atoms with van der Waals surface area (Å²) in [5.41, 5.74) is 5.64. The fraction of sp³-hybridized carbons (Fsp3) is 0.345. The molecular weight excluding hydrogens is 502 g/mol. The zero-order valence-electron chi connectivity index (χ0n) is 22.9. The highest BCUT2D eigenvalue weighted by molar-refractivity contribution is 5.98. The predicted octanol–water partition coefficient (Wildman–Crippen LogP) is 4.46. The molecule has 206 valence electrons. The van der Waals surface area contributed by atoms with Crippen molar-refractivity contribution in [2.24, 2.45) is 5.73 Å². The average molecular weight is 536 g/mol. The summed E-state index contributed by atoms with van der Waals surface area (Å²) < 4.78 is 10.5. The van der Waals surface area contributed by atoms with E-state index >= 15 is 0 Å². The number of rotatable bonds is 7. The van der Waals surface area contributed by atoms with Gasteiger partial charge in [-0.15, -0.1) is 0 Å². The van der Waals surface area contributed by atoms with Crippen LogP contribution >= 0.6 is 0 Å². The average Bonchev–Trinajstić information content (AvgIpc) is 2.87. The molecule has 0 saturated heterocycles. The fourth-order valence-electron chi connectivity index (χ4n) is 4.64. The molecule has 0 bridgehead atoms. The number of esters is 2. The van der Waals surface area contributed by atoms with Gasteiger partial charge in [0.25, 0.3) is 11.6 Å². The van der Waals surface area contributed by atoms with Crippen molar-refractivity contribution in [3.05, 3.63) is 98.9 Å². The Morgan fingerprint density at radius 2 is 1.69 bits per heavy atom. The first kappa shape index (κ1) is 29.2. The lowest BCUT2D eigenvalue weighted by molar-refractivity contribution is -0.384. The van der Waals surface area contributed by atoms with Crippen molar-refractivity contribution in [1.29, 1.82) is 0 Å². The number of carbonyl (C=O) groups excluding carboxylic acids is 3. The molecule has 0 spiro atoms. The molecule has 1 aliphatic rings. The molecular formula is C29H33N3O7. The van der Waals surface area contributed by atoms with Crippen molar-refractivity contribution in [2.75, 3.05) is 7.11 Å². The van der Waals surface area contributed by atoms with E-state index in [4.69, 9.17) is 15.2 Å². The molecule has 0 radical (unpaired) electrons. The summed E-state index contributed by atoms with van der Waals surface area (Å²) in [7, 11) is 1.21. The second kappa shape index (κ2) is 11.2. The van der Waals surface area contributed by atoms with Gasteiger partial charge in [0, 0.05) is 29.4 Å². The smallest absolute Gasteiger partial charge is 0.336 e. The first-order chi connectivity index (χ1) is 18.2. The molecule has 3 rings (SSSR count). The maximum atomic E-state index is 14.3. The van der Waals surface area contributed by atoms with E-state index in [0.717, 1.165) is 0 Å². The number of methoxy groups -OCH3 is 1. The van der Waals surface area contributed by atoms with Crippen LogP contribution in [0.2, 0.25) is 0 Å². The maximum Gasteiger partial charge on any atom is 0.336 e. The van der Waals surface area contributed by atoms with Gasteiger partial charge in [-0.05, 0) is 45.7 Å². The second-order valence-electron chi connectivity index (χ2n) is 10.4. The Morgan fingerprint density at radius 3 is 2.26 bits per heavy atom. The summed E-state index contributed by atoms with van der Waals surface area (Å²) in [5.74, 6) is -2.74. The number of benzene rings is 2. The quantitative estimate of drug-likeness (QED) is 0.311. The molecule has 0 aromatic heterocycles. The van der Waals surface area contributed by atoms with E-state index in [9.17, 15) is 24.5 Å². The first-order valence-electron chi connectivity index (χ1n) is 12.3. The predicted molar refractivity (Wildman–Crippen MR) is 144 cm³/mol. The van der Waals surface area contributed by atoms with Crippen LogP contribution in [-0.4, -0.2) is 40.4 Å². The fourth-order valence-corrected chi connectivity index (χ4v) is 4.64. The number of nitro benzene ring substituents is 1. The zero-order chi connectivity index (χ0) is 29.1. The SMILES string of the molecule is COC(=O)C1=C(C)N(C(=O)C(N)(CC(=O)OC(C)(C)C)c2ccccc2)C(C)=CC1c1cccc([N+](=O)[O-])c1. The summed E-state index contributed by atoms with van der Waals surface area (Å²) in [6.45, 7) is 8.39. The minimum Gasteiger partial charge on any atom is -0.466 e. The molecule has 1 heterocycles. The number of nitro groups is 1. The van der Waals surface area contributed by atoms with Gasteiger partial charge in [-0.1, -0.05) is 48.5 Å². The van der Waals surface area contributed by atoms with Crippen LogP contribution in [0.4, 0.5) is 5.69 Å². The summed E-state index contributed by atoms with van der Waals surface area (Å²) in [5, 5.41) is 11.4. The molecule has 2 N–H and O–H groups in total. The number of amides is 1. The second-order valence-corrected chi connectivity index (χ2v) is 10.4. The minimum atomic E-state index is -1.83. The van der Waals surface area contributed by atoms with Crippen LogP contribution in [0.15, 0.2) is 77.6 Å². The van der Waals surface area contributed by atoms with Crippen molar-refractivity contribution >= 4 is 23.5 Å². The summed E-state index contributed by atoms with van der Waals surface area (Å²) >= 11 is 0. The lowest BCUT2D eigenvalue weighted by atomic mass is 9.82. The summed E-state index contributed by atoms with van der Waals surface area (Å²) in [4.78, 5) is 52.3. The lowest BCUT2D eigenvalue weighted by Crippen LogP contribution is -2.54. The number of hydrogen-bond donors (Lipinski definition) is 1. The van der Waals surface area contributed by atoms with Gasteiger partial charge < -0.3 is 15.2 Å². The third-order valence-corrected chi connectivity index (χ3v) is 6.36. The Labute approximate surface area is 227 Å². The van der Waals surface area contributed by atoms with Crippen LogP contribution in [0.5, 0.6) is 0 Å². The van der Waals surface area contributed by atoms with E-state index in [-0.39, 0.29) is 17.0 Å². The number of hydrogen-bond acceptors (Lipinski definition) is 8. The molecule has 10 heteroatoms. The monoisotopic (exact) mass is 535 g/mol. The third-order valence-electron chi connectivity index (χ3n) is 6.36. The van der Waals surface area contributed by atoms with Gasteiger partial charge in [0.15, 0.2) is 0 Å². The van der Waals surface area contributed by atoms with Crippen molar-refractivity contribution in [3.8, 4) is 0 Å². The van der Waals surface area contributed by atoms with Crippen molar-refractivity contribution in [1.82, 2.24) is 4.90 Å². The summed E-state index contributed by atoms with van der Waals surface area (Å²) in [6.07, 6.45) is 1.20. The number of non-ortho nitro benzene ring substituents is 1. The van der Waals surface area contributed by atoms with Gasteiger partial charge in [0.1, 0.15) is 11.1 Å². The molecule has 1 aliphatic heterocycles. The van der Waals surface area contributed by atoms with E-state index in [2.05, 4.69) is 0 Å². The first-order valence-corrected chi connectivity index (χ1v) is 12.3. The van der Waals surface area contributed by atoms with Gasteiger partial charge in [-0.25, -0.2) is 4.79 Å². The number of nitrogens with two attached hydrogens (primary N) is 1. The van der Waals surface area contributed by atoms with E-state index in [1.807, 2.05) is 0 Å². The van der Waals surface area contributed by atoms with Crippen molar-refractivity contribution < 1.29 is 28.8 Å². The normalized spacial score (nSPS) is 17.2. The zero-order valence-corrected chi connectivity index (χ0v) is 22.9. The van der Waals surface area contributed by atoms with E-state index < -0.39 is 46.2 Å². The Morgan fingerprint density at radius 1 is 1.05 bits per heavy atom. The van der Waals surface area contributed by atoms with Gasteiger partial charge in [0.05, 0.1) is 24.0 Å². The molecule has 2 unspecified atom stereocenters. The highest BCUT2D eigenvalue weighted by atomic mass is 16.6. The highest BCUT2D eigenvalue weighted by Gasteiger charge is 2.45. The van der Waals surface area contributed by atoms with Crippen LogP contribution in [0.3, 0.4) is 0 Å². The lowest BCUT2D eigenvalue weighted by Gasteiger charge is -2.39. The van der Waals surface area contributed by atoms with Crippen LogP contribution in [-0.2, 0) is 29.4 Å². The highest BCUT2D eigenvalue weighted by Crippen LogP contribution is 2.40. The number of ether oxygens (including phenoxy) is 2. The molecule has 0 aliphatic carbocycles. The molecule has 1 amide bonds. The topological polar surface area (TPSA) is 142 Å². The molecule has 10 nitrogen and oxygen atoms in total. The van der Waals surface area contributed by atoms with Crippen LogP contribution in [0.1, 0.15) is 58.1 Å². The Balaban J connectivity index is 2.15. The Hall–Kier alpha value is -4.31. The molecule has 39 heavy (non-hydrogen) atoms. The molecule has 0 fully saturated rings. The standard InChI is InChI=1S/C29H33N3O7/c1-18-15-23(20-11-10-14-22(16-20)32(36)37)25(26(34)38-6)19(2)31(18)27(35)29(30,21-12-8-7-9-13-21)17-24(33)39-28(3,4)5/h7-16,23H,17,30H2,1-6H3. The van der Waals surface area contributed by atoms with Crippen LogP contribution in [0, 0.1) is 10.1 Å². The van der Waals surface area contributed by atoms with Crippen LogP contribution < -0.4 is 5.73 Å². The van der Waals surface area contributed by atoms with E-state index in [1.165, 1.54) is 30.2 Å². The molecule has 2 aromatic rings.